The van der Waals surface area contributed by atoms with E-state index in [4.69, 9.17) is 0 Å². The van der Waals surface area contributed by atoms with Gasteiger partial charge in [0.15, 0.2) is 0 Å². The van der Waals surface area contributed by atoms with Crippen molar-refractivity contribution in [2.75, 3.05) is 0 Å². The van der Waals surface area contributed by atoms with Crippen molar-refractivity contribution in [2.24, 2.45) is 0 Å². The van der Waals surface area contributed by atoms with Crippen molar-refractivity contribution in [1.82, 2.24) is 0 Å². The SMILES string of the molecule is C1CCCCC[AsH][AsH]CCCC1. The molecule has 2 atom stereocenters. The van der Waals surface area contributed by atoms with Crippen molar-refractivity contribution in [1.29, 1.82) is 0 Å². The Labute approximate surface area is 88.9 Å². The third kappa shape index (κ3) is 6.61. The molecule has 1 aliphatic heterocycles. The second-order valence-electron chi connectivity index (χ2n) is 3.68. The van der Waals surface area contributed by atoms with E-state index in [1.165, 1.54) is 25.7 Å². The standard InChI is InChI=1S/C10H22As2/c1-2-4-6-8-10-12-11-9-7-5-3-1/h11-12H,1-10H2. The Balaban J connectivity index is 2.00. The molecule has 0 aliphatic carbocycles. The van der Waals surface area contributed by atoms with E-state index in [0.29, 0.717) is 27.4 Å². The molecule has 0 amide bonds. The van der Waals surface area contributed by atoms with E-state index in [2.05, 4.69) is 0 Å². The van der Waals surface area contributed by atoms with Gasteiger partial charge in [0, 0.05) is 0 Å². The summed E-state index contributed by atoms with van der Waals surface area (Å²) < 4.78 is 0. The summed E-state index contributed by atoms with van der Waals surface area (Å²) >= 11 is 1.25. The van der Waals surface area contributed by atoms with Crippen molar-refractivity contribution in [3.63, 3.8) is 0 Å². The molecule has 12 heavy (non-hydrogen) atoms. The summed E-state index contributed by atoms with van der Waals surface area (Å²) in [7, 11) is 0. The molecular formula is C10H22As2. The van der Waals surface area contributed by atoms with Crippen LogP contribution in [0.2, 0.25) is 10.4 Å². The van der Waals surface area contributed by atoms with Gasteiger partial charge in [-0.05, 0) is 0 Å². The summed E-state index contributed by atoms with van der Waals surface area (Å²) in [5, 5.41) is 3.36. The van der Waals surface area contributed by atoms with Crippen molar-refractivity contribution < 1.29 is 0 Å². The van der Waals surface area contributed by atoms with Crippen LogP contribution in [0.1, 0.15) is 51.4 Å². The van der Waals surface area contributed by atoms with Crippen LogP contribution in [0.4, 0.5) is 0 Å². The zero-order valence-corrected chi connectivity index (χ0v) is 12.3. The molecule has 1 heterocycles. The molecule has 1 saturated heterocycles. The van der Waals surface area contributed by atoms with Gasteiger partial charge in [0.05, 0.1) is 0 Å². The maximum absolute atomic E-state index is 1.68. The first kappa shape index (κ1) is 11.2. The number of rotatable bonds is 0. The third-order valence-electron chi connectivity index (χ3n) is 2.48. The molecule has 72 valence electrons. The van der Waals surface area contributed by atoms with Crippen molar-refractivity contribution in [3.8, 4) is 0 Å². The van der Waals surface area contributed by atoms with Crippen LogP contribution in [-0.2, 0) is 0 Å². The molecule has 0 saturated carbocycles. The van der Waals surface area contributed by atoms with Crippen molar-refractivity contribution >= 4 is 27.4 Å². The monoisotopic (exact) mass is 292 g/mol. The fourth-order valence-corrected chi connectivity index (χ4v) is 11.9. The molecule has 0 radical (unpaired) electrons. The second-order valence-corrected chi connectivity index (χ2v) is 15.0. The average Bonchev–Trinajstić information content (AvgIpc) is 2.05. The van der Waals surface area contributed by atoms with Gasteiger partial charge in [0.2, 0.25) is 0 Å². The van der Waals surface area contributed by atoms with Crippen LogP contribution in [0.15, 0.2) is 0 Å². The maximum atomic E-state index is 1.68. The fourth-order valence-electron chi connectivity index (χ4n) is 1.66. The van der Waals surface area contributed by atoms with E-state index < -0.39 is 0 Å². The molecule has 1 rings (SSSR count). The minimum atomic E-state index is 0.623. The summed E-state index contributed by atoms with van der Waals surface area (Å²) in [5.41, 5.74) is 0. The Morgan fingerprint density at radius 2 is 0.750 bits per heavy atom. The predicted octanol–water partition coefficient (Wildman–Crippen LogP) is 2.75. The molecule has 2 heteroatoms. The van der Waals surface area contributed by atoms with Gasteiger partial charge >= 0.3 is 89.2 Å². The molecular weight excluding hydrogens is 270 g/mol. The molecule has 2 unspecified atom stereocenters. The van der Waals surface area contributed by atoms with Gasteiger partial charge in [0.25, 0.3) is 0 Å². The zero-order chi connectivity index (χ0) is 8.49. The Hall–Kier alpha value is 1.12. The Morgan fingerprint density at radius 1 is 0.417 bits per heavy atom. The molecule has 1 aliphatic rings. The van der Waals surface area contributed by atoms with E-state index in [1.807, 2.05) is 0 Å². The quantitative estimate of drug-likeness (QED) is 0.602. The first-order chi connectivity index (χ1) is 6.00. The van der Waals surface area contributed by atoms with Crippen LogP contribution >= 0.6 is 0 Å². The van der Waals surface area contributed by atoms with E-state index >= 15 is 0 Å². The first-order valence-electron chi connectivity index (χ1n) is 5.46. The van der Waals surface area contributed by atoms with Gasteiger partial charge in [-0.1, -0.05) is 0 Å². The Morgan fingerprint density at radius 3 is 1.17 bits per heavy atom. The van der Waals surface area contributed by atoms with E-state index in [0.717, 1.165) is 0 Å². The summed E-state index contributed by atoms with van der Waals surface area (Å²) in [6.07, 6.45) is 12.4. The minimum absolute atomic E-state index is 0.623. The second kappa shape index (κ2) is 8.70. The topological polar surface area (TPSA) is 0 Å². The summed E-state index contributed by atoms with van der Waals surface area (Å²) in [6.45, 7) is 0. The first-order valence-corrected chi connectivity index (χ1v) is 14.9. The molecule has 0 aromatic carbocycles. The molecule has 0 N–H and O–H groups in total. The van der Waals surface area contributed by atoms with Gasteiger partial charge in [-0.15, -0.1) is 0 Å². The Bertz CT molecular complexity index is 50.8. The van der Waals surface area contributed by atoms with Crippen LogP contribution in [0, 0.1) is 0 Å². The van der Waals surface area contributed by atoms with E-state index in [-0.39, 0.29) is 0 Å². The van der Waals surface area contributed by atoms with Crippen LogP contribution in [0.5, 0.6) is 0 Å². The van der Waals surface area contributed by atoms with Gasteiger partial charge in [0.1, 0.15) is 0 Å². The van der Waals surface area contributed by atoms with Crippen LogP contribution in [-0.4, -0.2) is 27.4 Å². The van der Waals surface area contributed by atoms with Crippen molar-refractivity contribution in [2.45, 2.75) is 61.8 Å². The normalized spacial score (nSPS) is 28.0. The summed E-state index contributed by atoms with van der Waals surface area (Å²) in [6, 6.07) is 0. The van der Waals surface area contributed by atoms with Gasteiger partial charge in [-0.2, -0.15) is 0 Å². The molecule has 0 spiro atoms. The molecule has 0 bridgehead atoms. The summed E-state index contributed by atoms with van der Waals surface area (Å²) in [5.74, 6) is 0. The number of hydrogen-bond acceptors (Lipinski definition) is 0. The molecule has 0 nitrogen and oxygen atoms in total. The third-order valence-corrected chi connectivity index (χ3v) is 13.7. The van der Waals surface area contributed by atoms with Gasteiger partial charge < -0.3 is 0 Å². The molecule has 1 fully saturated rings. The van der Waals surface area contributed by atoms with Gasteiger partial charge in [-0.25, -0.2) is 0 Å². The average molecular weight is 292 g/mol. The number of hydrogen-bond donors (Lipinski definition) is 0. The van der Waals surface area contributed by atoms with Crippen LogP contribution in [0.3, 0.4) is 0 Å². The fraction of sp³-hybridized carbons (Fsp3) is 1.00. The van der Waals surface area contributed by atoms with E-state index in [1.54, 1.807) is 36.1 Å². The van der Waals surface area contributed by atoms with Crippen molar-refractivity contribution in [3.05, 3.63) is 0 Å². The van der Waals surface area contributed by atoms with Crippen LogP contribution in [0.25, 0.3) is 0 Å². The van der Waals surface area contributed by atoms with Gasteiger partial charge in [-0.3, -0.25) is 0 Å². The molecule has 0 aromatic heterocycles. The predicted molar refractivity (Wildman–Crippen MR) is 60.8 cm³/mol. The van der Waals surface area contributed by atoms with Crippen LogP contribution < -0.4 is 0 Å². The van der Waals surface area contributed by atoms with E-state index in [9.17, 15) is 0 Å². The summed E-state index contributed by atoms with van der Waals surface area (Å²) in [4.78, 5) is 0. The zero-order valence-electron chi connectivity index (χ0n) is 8.07. The Kier molecular flexibility index (Phi) is 8.12. The molecule has 0 aromatic rings.